The van der Waals surface area contributed by atoms with Crippen LogP contribution >= 0.6 is 22.6 Å². The minimum absolute atomic E-state index is 0.966. The van der Waals surface area contributed by atoms with Crippen molar-refractivity contribution in [3.63, 3.8) is 0 Å². The van der Waals surface area contributed by atoms with Crippen molar-refractivity contribution in [1.82, 2.24) is 4.98 Å². The number of aromatic nitrogens is 1. The zero-order valence-corrected chi connectivity index (χ0v) is 10.8. The predicted molar refractivity (Wildman–Crippen MR) is 73.2 cm³/mol. The first kappa shape index (κ1) is 10.7. The molecule has 1 aromatic carbocycles. The van der Waals surface area contributed by atoms with E-state index in [4.69, 9.17) is 0 Å². The van der Waals surface area contributed by atoms with Crippen molar-refractivity contribution in [3.05, 3.63) is 33.9 Å². The van der Waals surface area contributed by atoms with Crippen LogP contribution in [0.2, 0.25) is 0 Å². The third-order valence-electron chi connectivity index (χ3n) is 2.23. The number of anilines is 1. The highest BCUT2D eigenvalue weighted by Crippen LogP contribution is 2.20. The molecule has 0 saturated carbocycles. The van der Waals surface area contributed by atoms with Gasteiger partial charge in [-0.3, -0.25) is 0 Å². The number of nitrogens with one attached hydrogen (secondary N) is 1. The second kappa shape index (κ2) is 4.79. The molecule has 2 nitrogen and oxygen atoms in total. The normalized spacial score (nSPS) is 10.5. The molecule has 2 rings (SSSR count). The van der Waals surface area contributed by atoms with Crippen molar-refractivity contribution in [2.75, 3.05) is 11.9 Å². The predicted octanol–water partition coefficient (Wildman–Crippen LogP) is 3.66. The largest absolute Gasteiger partial charge is 0.370 e. The van der Waals surface area contributed by atoms with E-state index in [0.29, 0.717) is 0 Å². The van der Waals surface area contributed by atoms with E-state index in [0.717, 1.165) is 24.3 Å². The number of para-hydroxylation sites is 1. The Morgan fingerprint density at radius 1 is 1.27 bits per heavy atom. The molecular formula is C12H13IN2. The quantitative estimate of drug-likeness (QED) is 0.875. The summed E-state index contributed by atoms with van der Waals surface area (Å²) in [5.74, 6) is 0.966. The number of nitrogens with zero attached hydrogens (tertiary/aromatic N) is 1. The lowest BCUT2D eigenvalue weighted by Crippen LogP contribution is -2.01. The molecular weight excluding hydrogens is 299 g/mol. The fourth-order valence-corrected chi connectivity index (χ4v) is 2.10. The highest BCUT2D eigenvalue weighted by molar-refractivity contribution is 14.1. The second-order valence-corrected chi connectivity index (χ2v) is 4.60. The van der Waals surface area contributed by atoms with Crippen molar-refractivity contribution in [3.8, 4) is 0 Å². The van der Waals surface area contributed by atoms with Crippen LogP contribution in [0.3, 0.4) is 0 Å². The van der Waals surface area contributed by atoms with Crippen LogP contribution in [0.5, 0.6) is 0 Å². The summed E-state index contributed by atoms with van der Waals surface area (Å²) in [4.78, 5) is 4.59. The zero-order valence-electron chi connectivity index (χ0n) is 8.63. The number of fused-ring (bicyclic) bond motifs is 1. The van der Waals surface area contributed by atoms with Crippen molar-refractivity contribution in [2.24, 2.45) is 0 Å². The molecule has 0 bridgehead atoms. The fourth-order valence-electron chi connectivity index (χ4n) is 1.46. The van der Waals surface area contributed by atoms with Gasteiger partial charge in [0, 0.05) is 15.5 Å². The lowest BCUT2D eigenvalue weighted by atomic mass is 10.2. The third kappa shape index (κ3) is 2.40. The molecule has 2 aromatic rings. The molecule has 0 spiro atoms. The van der Waals surface area contributed by atoms with E-state index in [1.54, 1.807) is 0 Å². The lowest BCUT2D eigenvalue weighted by molar-refractivity contribution is 0.971. The van der Waals surface area contributed by atoms with E-state index >= 15 is 0 Å². The number of hydrogen-bond donors (Lipinski definition) is 1. The first-order valence-corrected chi connectivity index (χ1v) is 6.18. The fraction of sp³-hybridized carbons (Fsp3) is 0.250. The summed E-state index contributed by atoms with van der Waals surface area (Å²) >= 11 is 2.32. The van der Waals surface area contributed by atoms with Gasteiger partial charge in [0.25, 0.3) is 0 Å². The van der Waals surface area contributed by atoms with E-state index < -0.39 is 0 Å². The Morgan fingerprint density at radius 3 is 2.93 bits per heavy atom. The van der Waals surface area contributed by atoms with Crippen LogP contribution in [0, 0.1) is 3.57 Å². The molecule has 0 aliphatic rings. The average Bonchev–Trinajstić information content (AvgIpc) is 2.27. The Labute approximate surface area is 103 Å². The molecule has 0 unspecified atom stereocenters. The Bertz CT molecular complexity index is 468. The number of pyridine rings is 1. The van der Waals surface area contributed by atoms with Gasteiger partial charge in [-0.05, 0) is 47.2 Å². The summed E-state index contributed by atoms with van der Waals surface area (Å²) in [5.41, 5.74) is 1.08. The second-order valence-electron chi connectivity index (χ2n) is 3.43. The van der Waals surface area contributed by atoms with Crippen LogP contribution in [-0.2, 0) is 0 Å². The first-order valence-electron chi connectivity index (χ1n) is 5.10. The molecule has 0 amide bonds. The first-order chi connectivity index (χ1) is 7.31. The van der Waals surface area contributed by atoms with Crippen molar-refractivity contribution < 1.29 is 0 Å². The van der Waals surface area contributed by atoms with Crippen LogP contribution in [0.25, 0.3) is 10.9 Å². The van der Waals surface area contributed by atoms with Gasteiger partial charge in [0.15, 0.2) is 0 Å². The summed E-state index contributed by atoms with van der Waals surface area (Å²) < 4.78 is 1.20. The molecule has 15 heavy (non-hydrogen) atoms. The Hall–Kier alpha value is -0.840. The molecule has 0 atom stereocenters. The smallest absolute Gasteiger partial charge is 0.126 e. The topological polar surface area (TPSA) is 24.9 Å². The minimum atomic E-state index is 0.966. The molecule has 0 fully saturated rings. The van der Waals surface area contributed by atoms with Crippen LogP contribution in [0.15, 0.2) is 30.3 Å². The highest BCUT2D eigenvalue weighted by Gasteiger charge is 2.00. The van der Waals surface area contributed by atoms with Gasteiger partial charge in [-0.15, -0.1) is 0 Å². The third-order valence-corrected chi connectivity index (χ3v) is 3.10. The summed E-state index contributed by atoms with van der Waals surface area (Å²) in [6.07, 6.45) is 1.12. The van der Waals surface area contributed by atoms with Gasteiger partial charge >= 0.3 is 0 Å². The van der Waals surface area contributed by atoms with Gasteiger partial charge in [0.2, 0.25) is 0 Å². The van der Waals surface area contributed by atoms with E-state index in [1.165, 1.54) is 8.96 Å². The van der Waals surface area contributed by atoms with E-state index in [9.17, 15) is 0 Å². The number of hydrogen-bond acceptors (Lipinski definition) is 2. The van der Waals surface area contributed by atoms with Gasteiger partial charge in [0.05, 0.1) is 5.52 Å². The standard InChI is InChI=1S/C12H13IN2/c1-2-8-14-11-7-6-9-4-3-5-10(13)12(9)15-11/h3-7H,2,8H2,1H3,(H,14,15). The molecule has 3 heteroatoms. The maximum absolute atomic E-state index is 4.59. The summed E-state index contributed by atoms with van der Waals surface area (Å²) in [5, 5.41) is 4.50. The van der Waals surface area contributed by atoms with E-state index in [2.05, 4.69) is 64.1 Å². The Morgan fingerprint density at radius 2 is 2.13 bits per heavy atom. The molecule has 78 valence electrons. The molecule has 1 N–H and O–H groups in total. The summed E-state index contributed by atoms with van der Waals surface area (Å²) in [6.45, 7) is 3.12. The summed E-state index contributed by atoms with van der Waals surface area (Å²) in [6, 6.07) is 10.4. The van der Waals surface area contributed by atoms with Gasteiger partial charge in [-0.2, -0.15) is 0 Å². The van der Waals surface area contributed by atoms with Crippen LogP contribution in [-0.4, -0.2) is 11.5 Å². The minimum Gasteiger partial charge on any atom is -0.370 e. The molecule has 1 aromatic heterocycles. The van der Waals surface area contributed by atoms with E-state index in [1.807, 2.05) is 6.07 Å². The summed E-state index contributed by atoms with van der Waals surface area (Å²) in [7, 11) is 0. The Kier molecular flexibility index (Phi) is 3.41. The van der Waals surface area contributed by atoms with Gasteiger partial charge in [0.1, 0.15) is 5.82 Å². The molecule has 0 aliphatic heterocycles. The maximum atomic E-state index is 4.59. The van der Waals surface area contributed by atoms with Crippen molar-refractivity contribution in [2.45, 2.75) is 13.3 Å². The van der Waals surface area contributed by atoms with E-state index in [-0.39, 0.29) is 0 Å². The van der Waals surface area contributed by atoms with Crippen LogP contribution < -0.4 is 5.32 Å². The van der Waals surface area contributed by atoms with Crippen molar-refractivity contribution >= 4 is 39.3 Å². The molecule has 0 radical (unpaired) electrons. The average molecular weight is 312 g/mol. The monoisotopic (exact) mass is 312 g/mol. The molecule has 1 heterocycles. The van der Waals surface area contributed by atoms with Gasteiger partial charge in [-0.25, -0.2) is 4.98 Å². The molecule has 0 saturated heterocycles. The van der Waals surface area contributed by atoms with Crippen LogP contribution in [0.1, 0.15) is 13.3 Å². The maximum Gasteiger partial charge on any atom is 0.126 e. The Balaban J connectivity index is 2.41. The number of halogens is 1. The molecule has 0 aliphatic carbocycles. The lowest BCUT2D eigenvalue weighted by Gasteiger charge is -2.05. The highest BCUT2D eigenvalue weighted by atomic mass is 127. The van der Waals surface area contributed by atoms with Gasteiger partial charge < -0.3 is 5.32 Å². The zero-order chi connectivity index (χ0) is 10.7. The van der Waals surface area contributed by atoms with Gasteiger partial charge in [-0.1, -0.05) is 19.1 Å². The number of benzene rings is 1. The number of rotatable bonds is 3. The van der Waals surface area contributed by atoms with Crippen molar-refractivity contribution in [1.29, 1.82) is 0 Å². The SMILES string of the molecule is CCCNc1ccc2cccc(I)c2n1. The van der Waals surface area contributed by atoms with Crippen LogP contribution in [0.4, 0.5) is 5.82 Å².